The standard InChI is InChI=1S/C15H16N2O6S2/c1-2-21-15(20)17-12(18)8-3-6-24-14(8)16-13(19)11-10-9(7-25-11)22-4-5-23-10/h3,6,11H,2,4-5,7H2,1H3,(H,16,19)(H,17,18,20). The molecule has 2 N–H and O–H groups in total. The van der Waals surface area contributed by atoms with Gasteiger partial charge in [0.15, 0.2) is 5.76 Å². The van der Waals surface area contributed by atoms with E-state index in [9.17, 15) is 14.4 Å². The number of carbonyl (C=O) groups is 3. The summed E-state index contributed by atoms with van der Waals surface area (Å²) in [5.74, 6) is 0.888. The van der Waals surface area contributed by atoms with Crippen molar-refractivity contribution in [2.45, 2.75) is 12.2 Å². The molecule has 1 aromatic heterocycles. The number of ether oxygens (including phenoxy) is 3. The van der Waals surface area contributed by atoms with Crippen molar-refractivity contribution in [1.82, 2.24) is 5.32 Å². The smallest absolute Gasteiger partial charge is 0.414 e. The number of nitrogens with one attached hydrogen (secondary N) is 2. The molecule has 0 aromatic carbocycles. The number of rotatable bonds is 4. The van der Waals surface area contributed by atoms with Crippen LogP contribution in [0.1, 0.15) is 17.3 Å². The number of thioether (sulfide) groups is 1. The summed E-state index contributed by atoms with van der Waals surface area (Å²) in [6.07, 6.45) is -0.829. The largest absolute Gasteiger partial charge is 0.490 e. The van der Waals surface area contributed by atoms with E-state index in [-0.39, 0.29) is 18.1 Å². The van der Waals surface area contributed by atoms with Crippen LogP contribution < -0.4 is 10.6 Å². The maximum Gasteiger partial charge on any atom is 0.414 e. The predicted octanol–water partition coefficient (Wildman–Crippen LogP) is 1.95. The fourth-order valence-corrected chi connectivity index (χ4v) is 4.21. The first-order valence-corrected chi connectivity index (χ1v) is 9.49. The minimum Gasteiger partial charge on any atom is -0.490 e. The molecule has 3 rings (SSSR count). The van der Waals surface area contributed by atoms with Crippen LogP contribution in [0.15, 0.2) is 23.0 Å². The Morgan fingerprint density at radius 1 is 1.32 bits per heavy atom. The third-order valence-electron chi connectivity index (χ3n) is 3.39. The number of alkyl carbamates (subject to hydrolysis) is 1. The Morgan fingerprint density at radius 2 is 2.12 bits per heavy atom. The van der Waals surface area contributed by atoms with Gasteiger partial charge in [-0.2, -0.15) is 0 Å². The number of thiophene rings is 1. The first kappa shape index (κ1) is 17.6. The van der Waals surface area contributed by atoms with Gasteiger partial charge in [0.1, 0.15) is 29.2 Å². The summed E-state index contributed by atoms with van der Waals surface area (Å²) < 4.78 is 15.7. The van der Waals surface area contributed by atoms with Gasteiger partial charge >= 0.3 is 6.09 Å². The summed E-state index contributed by atoms with van der Waals surface area (Å²) in [7, 11) is 0. The van der Waals surface area contributed by atoms with Gasteiger partial charge in [0.05, 0.1) is 17.9 Å². The number of hydrogen-bond donors (Lipinski definition) is 2. The van der Waals surface area contributed by atoms with Crippen molar-refractivity contribution >= 4 is 46.0 Å². The highest BCUT2D eigenvalue weighted by atomic mass is 32.2. The summed E-state index contributed by atoms with van der Waals surface area (Å²) in [6.45, 7) is 2.69. The number of imide groups is 1. The molecule has 1 unspecified atom stereocenters. The average Bonchev–Trinajstić information content (AvgIpc) is 3.21. The van der Waals surface area contributed by atoms with E-state index in [1.165, 1.54) is 29.2 Å². The Hall–Kier alpha value is -2.20. The fourth-order valence-electron chi connectivity index (χ4n) is 2.32. The van der Waals surface area contributed by atoms with Crippen LogP contribution in [-0.4, -0.2) is 48.7 Å². The normalized spacial score (nSPS) is 18.7. The van der Waals surface area contributed by atoms with Gasteiger partial charge in [0, 0.05) is 0 Å². The number of amides is 3. The van der Waals surface area contributed by atoms with Crippen molar-refractivity contribution in [2.75, 3.05) is 30.9 Å². The van der Waals surface area contributed by atoms with Crippen LogP contribution in [-0.2, 0) is 19.0 Å². The molecule has 0 bridgehead atoms. The van der Waals surface area contributed by atoms with E-state index in [2.05, 4.69) is 15.4 Å². The lowest BCUT2D eigenvalue weighted by Gasteiger charge is -2.19. The van der Waals surface area contributed by atoms with Crippen LogP contribution in [0.4, 0.5) is 9.80 Å². The van der Waals surface area contributed by atoms with Gasteiger partial charge in [-0.25, -0.2) is 4.79 Å². The molecule has 134 valence electrons. The molecule has 0 saturated carbocycles. The van der Waals surface area contributed by atoms with Crippen LogP contribution in [0.5, 0.6) is 0 Å². The molecule has 2 aliphatic rings. The Bertz CT molecular complexity index is 729. The number of hydrogen-bond acceptors (Lipinski definition) is 8. The summed E-state index contributed by atoms with van der Waals surface area (Å²) in [5.41, 5.74) is 0.199. The van der Waals surface area contributed by atoms with Crippen molar-refractivity contribution in [1.29, 1.82) is 0 Å². The first-order chi connectivity index (χ1) is 12.1. The Kier molecular flexibility index (Phi) is 5.49. The molecule has 0 aliphatic carbocycles. The summed E-state index contributed by atoms with van der Waals surface area (Å²) in [4.78, 5) is 36.0. The summed E-state index contributed by atoms with van der Waals surface area (Å²) in [6, 6.07) is 1.53. The van der Waals surface area contributed by atoms with Crippen molar-refractivity contribution in [3.8, 4) is 0 Å². The zero-order valence-electron chi connectivity index (χ0n) is 13.3. The molecule has 0 saturated heterocycles. The molecule has 25 heavy (non-hydrogen) atoms. The van der Waals surface area contributed by atoms with Crippen LogP contribution in [0.3, 0.4) is 0 Å². The minimum absolute atomic E-state index is 0.158. The Morgan fingerprint density at radius 3 is 2.92 bits per heavy atom. The van der Waals surface area contributed by atoms with E-state index < -0.39 is 17.3 Å². The van der Waals surface area contributed by atoms with Crippen molar-refractivity contribution < 1.29 is 28.6 Å². The third kappa shape index (κ3) is 3.90. The SMILES string of the molecule is CCOC(=O)NC(=O)c1ccsc1NC(=O)C1SCC2=C1OCCO2. The van der Waals surface area contributed by atoms with Gasteiger partial charge in [-0.15, -0.1) is 23.1 Å². The lowest BCUT2D eigenvalue weighted by atomic mass is 10.2. The highest BCUT2D eigenvalue weighted by molar-refractivity contribution is 8.01. The van der Waals surface area contributed by atoms with Crippen LogP contribution >= 0.6 is 23.1 Å². The van der Waals surface area contributed by atoms with E-state index in [4.69, 9.17) is 9.47 Å². The predicted molar refractivity (Wildman–Crippen MR) is 92.6 cm³/mol. The molecule has 1 aromatic rings. The quantitative estimate of drug-likeness (QED) is 0.818. The molecule has 8 nitrogen and oxygen atoms in total. The van der Waals surface area contributed by atoms with Crippen LogP contribution in [0.2, 0.25) is 0 Å². The topological polar surface area (TPSA) is 103 Å². The summed E-state index contributed by atoms with van der Waals surface area (Å²) in [5, 5.41) is 6.33. The van der Waals surface area contributed by atoms with Crippen molar-refractivity contribution in [2.24, 2.45) is 0 Å². The van der Waals surface area contributed by atoms with E-state index in [1.807, 2.05) is 0 Å². The molecule has 0 spiro atoms. The molecular formula is C15H16N2O6S2. The summed E-state index contributed by atoms with van der Waals surface area (Å²) >= 11 is 2.60. The fraction of sp³-hybridized carbons (Fsp3) is 0.400. The second-order valence-electron chi connectivity index (χ2n) is 5.00. The lowest BCUT2D eigenvalue weighted by molar-refractivity contribution is -0.116. The molecule has 1 atom stereocenters. The number of anilines is 1. The average molecular weight is 384 g/mol. The van der Waals surface area contributed by atoms with Crippen molar-refractivity contribution in [3.05, 3.63) is 28.5 Å². The van der Waals surface area contributed by atoms with Crippen LogP contribution in [0.25, 0.3) is 0 Å². The molecule has 2 aliphatic heterocycles. The maximum atomic E-state index is 12.5. The molecule has 0 fully saturated rings. The minimum atomic E-state index is -0.829. The van der Waals surface area contributed by atoms with Gasteiger partial charge in [-0.05, 0) is 18.4 Å². The van der Waals surface area contributed by atoms with Gasteiger partial charge in [0.25, 0.3) is 5.91 Å². The molecular weight excluding hydrogens is 368 g/mol. The van der Waals surface area contributed by atoms with E-state index in [0.717, 1.165) is 0 Å². The lowest BCUT2D eigenvalue weighted by Crippen LogP contribution is -2.32. The monoisotopic (exact) mass is 384 g/mol. The zero-order valence-corrected chi connectivity index (χ0v) is 15.0. The van der Waals surface area contributed by atoms with Gasteiger partial charge in [-0.3, -0.25) is 14.9 Å². The van der Waals surface area contributed by atoms with Gasteiger partial charge in [0.2, 0.25) is 5.91 Å². The van der Waals surface area contributed by atoms with Gasteiger partial charge < -0.3 is 19.5 Å². The molecule has 3 amide bonds. The molecule has 10 heteroatoms. The third-order valence-corrected chi connectivity index (χ3v) is 5.41. The number of carbonyl (C=O) groups excluding carboxylic acids is 3. The molecule has 0 radical (unpaired) electrons. The van der Waals surface area contributed by atoms with E-state index in [0.29, 0.717) is 35.5 Å². The Labute approximate surface area is 151 Å². The second-order valence-corrected chi connectivity index (χ2v) is 7.01. The van der Waals surface area contributed by atoms with Crippen molar-refractivity contribution in [3.63, 3.8) is 0 Å². The zero-order chi connectivity index (χ0) is 17.8. The van der Waals surface area contributed by atoms with E-state index >= 15 is 0 Å². The van der Waals surface area contributed by atoms with Gasteiger partial charge in [-0.1, -0.05) is 0 Å². The van der Waals surface area contributed by atoms with Crippen LogP contribution in [0, 0.1) is 0 Å². The Balaban J connectivity index is 1.67. The maximum absolute atomic E-state index is 12.5. The second kappa shape index (κ2) is 7.79. The highest BCUT2D eigenvalue weighted by Gasteiger charge is 2.37. The molecule has 3 heterocycles. The van der Waals surface area contributed by atoms with E-state index in [1.54, 1.807) is 12.3 Å². The first-order valence-electron chi connectivity index (χ1n) is 7.56. The highest BCUT2D eigenvalue weighted by Crippen LogP contribution is 2.37.